The summed E-state index contributed by atoms with van der Waals surface area (Å²) < 4.78 is 5.81. The van der Waals surface area contributed by atoms with E-state index >= 15 is 0 Å². The molecule has 0 heterocycles. The van der Waals surface area contributed by atoms with Gasteiger partial charge in [0.2, 0.25) is 0 Å². The highest BCUT2D eigenvalue weighted by atomic mass is 16.5. The summed E-state index contributed by atoms with van der Waals surface area (Å²) in [6.07, 6.45) is 14.7. The third kappa shape index (κ3) is 10.5. The van der Waals surface area contributed by atoms with Gasteiger partial charge in [0.15, 0.2) is 0 Å². The standard InChI is InChI=1S/C18H30O/c1-5-9-11-13-17(7-3)15-19-16-18(8-4)14-12-10-6-2/h5-8,17-18H,1-4,9-16H2. The van der Waals surface area contributed by atoms with Crippen molar-refractivity contribution < 1.29 is 4.74 Å². The second-order valence-electron chi connectivity index (χ2n) is 4.97. The summed E-state index contributed by atoms with van der Waals surface area (Å²) >= 11 is 0. The molecular weight excluding hydrogens is 232 g/mol. The van der Waals surface area contributed by atoms with Crippen LogP contribution in [0.15, 0.2) is 50.6 Å². The minimum absolute atomic E-state index is 0.457. The van der Waals surface area contributed by atoms with E-state index in [2.05, 4.69) is 26.3 Å². The van der Waals surface area contributed by atoms with Gasteiger partial charge in [-0.1, -0.05) is 24.3 Å². The molecule has 0 aliphatic heterocycles. The van der Waals surface area contributed by atoms with Crippen LogP contribution in [-0.2, 0) is 4.74 Å². The van der Waals surface area contributed by atoms with Crippen LogP contribution in [0.5, 0.6) is 0 Å². The Balaban J connectivity index is 3.75. The number of ether oxygens (including phenoxy) is 1. The van der Waals surface area contributed by atoms with Crippen molar-refractivity contribution in [2.75, 3.05) is 13.2 Å². The molecule has 0 rings (SSSR count). The second-order valence-corrected chi connectivity index (χ2v) is 4.97. The molecule has 0 saturated heterocycles. The molecule has 0 aliphatic carbocycles. The largest absolute Gasteiger partial charge is 0.380 e. The van der Waals surface area contributed by atoms with Crippen LogP contribution in [0.25, 0.3) is 0 Å². The van der Waals surface area contributed by atoms with E-state index in [1.807, 2.05) is 24.3 Å². The zero-order valence-electron chi connectivity index (χ0n) is 12.4. The van der Waals surface area contributed by atoms with Crippen LogP contribution in [0.4, 0.5) is 0 Å². The van der Waals surface area contributed by atoms with E-state index in [1.165, 1.54) is 0 Å². The van der Waals surface area contributed by atoms with Gasteiger partial charge in [-0.05, 0) is 50.4 Å². The number of allylic oxidation sites excluding steroid dienone is 2. The van der Waals surface area contributed by atoms with Gasteiger partial charge in [-0.25, -0.2) is 0 Å². The Kier molecular flexibility index (Phi) is 12.6. The molecule has 108 valence electrons. The molecule has 0 amide bonds. The van der Waals surface area contributed by atoms with Crippen LogP contribution < -0.4 is 0 Å². The highest BCUT2D eigenvalue weighted by Gasteiger charge is 2.07. The maximum atomic E-state index is 5.81. The van der Waals surface area contributed by atoms with Crippen LogP contribution in [0.3, 0.4) is 0 Å². The first-order chi connectivity index (χ1) is 9.28. The summed E-state index contributed by atoms with van der Waals surface area (Å²) in [4.78, 5) is 0. The molecule has 19 heavy (non-hydrogen) atoms. The molecule has 0 aromatic carbocycles. The highest BCUT2D eigenvalue weighted by molar-refractivity contribution is 4.82. The van der Waals surface area contributed by atoms with Gasteiger partial charge >= 0.3 is 0 Å². The van der Waals surface area contributed by atoms with Crippen LogP contribution in [0.1, 0.15) is 38.5 Å². The predicted octanol–water partition coefficient (Wildman–Crippen LogP) is 5.32. The summed E-state index contributed by atoms with van der Waals surface area (Å²) in [6.45, 7) is 16.8. The number of unbranched alkanes of at least 4 members (excludes halogenated alkanes) is 2. The SMILES string of the molecule is C=CCCCC(C=C)COCC(C=C)CCCC=C. The molecule has 0 fully saturated rings. The van der Waals surface area contributed by atoms with Crippen LogP contribution in [0, 0.1) is 11.8 Å². The summed E-state index contributed by atoms with van der Waals surface area (Å²) in [5.41, 5.74) is 0. The smallest absolute Gasteiger partial charge is 0.0528 e. The lowest BCUT2D eigenvalue weighted by Crippen LogP contribution is -2.13. The summed E-state index contributed by atoms with van der Waals surface area (Å²) in [5.74, 6) is 0.914. The van der Waals surface area contributed by atoms with E-state index < -0.39 is 0 Å². The molecule has 0 spiro atoms. The first kappa shape index (κ1) is 17.9. The van der Waals surface area contributed by atoms with Gasteiger partial charge in [0, 0.05) is 0 Å². The lowest BCUT2D eigenvalue weighted by molar-refractivity contribution is 0.0883. The topological polar surface area (TPSA) is 9.23 Å². The Labute approximate surface area is 119 Å². The van der Waals surface area contributed by atoms with Crippen molar-refractivity contribution in [3.05, 3.63) is 50.6 Å². The fraction of sp³-hybridized carbons (Fsp3) is 0.556. The maximum Gasteiger partial charge on any atom is 0.0528 e. The van der Waals surface area contributed by atoms with E-state index in [-0.39, 0.29) is 0 Å². The fourth-order valence-electron chi connectivity index (χ4n) is 1.96. The van der Waals surface area contributed by atoms with E-state index in [0.717, 1.165) is 51.7 Å². The van der Waals surface area contributed by atoms with E-state index in [9.17, 15) is 0 Å². The van der Waals surface area contributed by atoms with Gasteiger partial charge in [0.25, 0.3) is 0 Å². The van der Waals surface area contributed by atoms with Crippen molar-refractivity contribution in [1.29, 1.82) is 0 Å². The van der Waals surface area contributed by atoms with E-state index in [1.54, 1.807) is 0 Å². The third-order valence-electron chi connectivity index (χ3n) is 3.30. The molecule has 0 saturated carbocycles. The van der Waals surface area contributed by atoms with E-state index in [4.69, 9.17) is 4.74 Å². The van der Waals surface area contributed by atoms with Crippen molar-refractivity contribution >= 4 is 0 Å². The highest BCUT2D eigenvalue weighted by Crippen LogP contribution is 2.14. The van der Waals surface area contributed by atoms with Crippen molar-refractivity contribution in [2.45, 2.75) is 38.5 Å². The van der Waals surface area contributed by atoms with Gasteiger partial charge in [-0.3, -0.25) is 0 Å². The summed E-state index contributed by atoms with van der Waals surface area (Å²) in [6, 6.07) is 0. The van der Waals surface area contributed by atoms with Crippen molar-refractivity contribution in [2.24, 2.45) is 11.8 Å². The number of hydrogen-bond acceptors (Lipinski definition) is 1. The Bertz CT molecular complexity index is 228. The van der Waals surface area contributed by atoms with Gasteiger partial charge < -0.3 is 4.74 Å². The molecule has 0 bridgehead atoms. The van der Waals surface area contributed by atoms with E-state index in [0.29, 0.717) is 11.8 Å². The maximum absolute atomic E-state index is 5.81. The molecular formula is C18H30O. The minimum atomic E-state index is 0.457. The van der Waals surface area contributed by atoms with Crippen LogP contribution >= 0.6 is 0 Å². The van der Waals surface area contributed by atoms with Gasteiger partial charge in [0.05, 0.1) is 13.2 Å². The Hall–Kier alpha value is -1.08. The zero-order chi connectivity index (χ0) is 14.3. The van der Waals surface area contributed by atoms with Crippen LogP contribution in [-0.4, -0.2) is 13.2 Å². The van der Waals surface area contributed by atoms with Gasteiger partial charge in [-0.2, -0.15) is 0 Å². The molecule has 0 aromatic rings. The predicted molar refractivity (Wildman–Crippen MR) is 86.3 cm³/mol. The fourth-order valence-corrected chi connectivity index (χ4v) is 1.96. The average Bonchev–Trinajstić information content (AvgIpc) is 2.44. The monoisotopic (exact) mass is 262 g/mol. The van der Waals surface area contributed by atoms with Gasteiger partial charge in [0.1, 0.15) is 0 Å². The van der Waals surface area contributed by atoms with Crippen LogP contribution in [0.2, 0.25) is 0 Å². The minimum Gasteiger partial charge on any atom is -0.380 e. The first-order valence-corrected chi connectivity index (χ1v) is 7.33. The van der Waals surface area contributed by atoms with Crippen molar-refractivity contribution in [3.63, 3.8) is 0 Å². The number of rotatable bonds is 14. The quantitative estimate of drug-likeness (QED) is 0.304. The molecule has 0 N–H and O–H groups in total. The zero-order valence-corrected chi connectivity index (χ0v) is 12.4. The lowest BCUT2D eigenvalue weighted by atomic mass is 10.0. The van der Waals surface area contributed by atoms with Gasteiger partial charge in [-0.15, -0.1) is 26.3 Å². The molecule has 1 nitrogen and oxygen atoms in total. The third-order valence-corrected chi connectivity index (χ3v) is 3.30. The summed E-state index contributed by atoms with van der Waals surface area (Å²) in [5, 5.41) is 0. The van der Waals surface area contributed by atoms with Crippen molar-refractivity contribution in [1.82, 2.24) is 0 Å². The Morgan fingerprint density at radius 1 is 0.737 bits per heavy atom. The Morgan fingerprint density at radius 3 is 1.47 bits per heavy atom. The lowest BCUT2D eigenvalue weighted by Gasteiger charge is -2.16. The molecule has 2 atom stereocenters. The molecule has 0 radical (unpaired) electrons. The normalized spacial score (nSPS) is 13.5. The first-order valence-electron chi connectivity index (χ1n) is 7.33. The molecule has 0 aromatic heterocycles. The number of hydrogen-bond donors (Lipinski definition) is 0. The summed E-state index contributed by atoms with van der Waals surface area (Å²) in [7, 11) is 0. The Morgan fingerprint density at radius 2 is 1.16 bits per heavy atom. The molecule has 0 aliphatic rings. The second kappa shape index (κ2) is 13.4. The average molecular weight is 262 g/mol. The van der Waals surface area contributed by atoms with Crippen molar-refractivity contribution in [3.8, 4) is 0 Å². The molecule has 2 unspecified atom stereocenters. The molecule has 1 heteroatoms.